The van der Waals surface area contributed by atoms with E-state index in [2.05, 4.69) is 66.5 Å². The number of esters is 1. The van der Waals surface area contributed by atoms with E-state index in [4.69, 9.17) is 16.3 Å². The van der Waals surface area contributed by atoms with Crippen LogP contribution in [0.3, 0.4) is 0 Å². The van der Waals surface area contributed by atoms with Crippen molar-refractivity contribution >= 4 is 49.4 Å². The van der Waals surface area contributed by atoms with Gasteiger partial charge in [-0.1, -0.05) is 85.7 Å². The first-order chi connectivity index (χ1) is 16.8. The van der Waals surface area contributed by atoms with Gasteiger partial charge in [0.15, 0.2) is 0 Å². The molecule has 0 saturated heterocycles. The van der Waals surface area contributed by atoms with Crippen molar-refractivity contribution in [3.05, 3.63) is 0 Å². The second kappa shape index (κ2) is 11.3. The van der Waals surface area contributed by atoms with E-state index in [0.29, 0.717) is 16.7 Å². The summed E-state index contributed by atoms with van der Waals surface area (Å²) in [7, 11) is 0. The molecule has 0 heterocycles. The number of hydrogen-bond donors (Lipinski definition) is 0. The van der Waals surface area contributed by atoms with Gasteiger partial charge in [0.1, 0.15) is 6.10 Å². The highest BCUT2D eigenvalue weighted by Crippen LogP contribution is 2.71. The number of hydrogen-bond acceptors (Lipinski definition) is 2. The van der Waals surface area contributed by atoms with Gasteiger partial charge in [0.2, 0.25) is 0 Å². The average Bonchev–Trinajstić information content (AvgIpc) is 3.12. The Bertz CT molecular complexity index is 789. The molecule has 0 N–H and O–H groups in total. The molecule has 4 fully saturated rings. The van der Waals surface area contributed by atoms with Crippen LogP contribution in [0.4, 0.5) is 0 Å². The lowest BCUT2D eigenvalue weighted by Crippen LogP contribution is -2.64. The van der Waals surface area contributed by atoms with E-state index in [1.165, 1.54) is 51.4 Å². The van der Waals surface area contributed by atoms with Crippen molar-refractivity contribution in [1.82, 2.24) is 0 Å². The molecule has 0 aromatic carbocycles. The zero-order valence-electron chi connectivity index (χ0n) is 23.6. The monoisotopic (exact) mass is 648 g/mol. The first-order valence-corrected chi connectivity index (χ1v) is 17.1. The predicted molar refractivity (Wildman–Crippen MR) is 159 cm³/mol. The normalized spacial score (nSPS) is 45.9. The number of carbonyl (C=O) groups excluding carboxylic acids is 1. The lowest BCUT2D eigenvalue weighted by molar-refractivity contribution is -0.158. The van der Waals surface area contributed by atoms with E-state index < -0.39 is 0 Å². The maximum Gasteiger partial charge on any atom is 0.307 e. The van der Waals surface area contributed by atoms with Gasteiger partial charge in [-0.3, -0.25) is 4.79 Å². The van der Waals surface area contributed by atoms with Crippen LogP contribution in [-0.2, 0) is 9.53 Å². The number of ether oxygens (including phenoxy) is 1. The summed E-state index contributed by atoms with van der Waals surface area (Å²) in [6.45, 7) is 14.4. The third-order valence-electron chi connectivity index (χ3n) is 11.6. The summed E-state index contributed by atoms with van der Waals surface area (Å²) < 4.78 is 5.92. The lowest BCUT2D eigenvalue weighted by Gasteiger charge is -2.66. The summed E-state index contributed by atoms with van der Waals surface area (Å²) in [5.41, 5.74) is 0.744. The van der Waals surface area contributed by atoms with Gasteiger partial charge in [0.05, 0.1) is 6.42 Å². The van der Waals surface area contributed by atoms with Crippen LogP contribution in [0.5, 0.6) is 0 Å². The van der Waals surface area contributed by atoms with Crippen LogP contribution in [0.2, 0.25) is 0 Å². The molecule has 5 heteroatoms. The van der Waals surface area contributed by atoms with Crippen molar-refractivity contribution in [2.45, 2.75) is 139 Å². The number of fused-ring (bicyclic) bond motifs is 5. The predicted octanol–water partition coefficient (Wildman–Crippen LogP) is 9.93. The Morgan fingerprint density at radius 2 is 1.75 bits per heavy atom. The van der Waals surface area contributed by atoms with Gasteiger partial charge in [-0.15, -0.1) is 11.6 Å². The molecular weight excluding hydrogens is 600 g/mol. The van der Waals surface area contributed by atoms with Crippen LogP contribution in [0, 0.1) is 46.3 Å². The molecule has 11 atom stereocenters. The van der Waals surface area contributed by atoms with Crippen LogP contribution < -0.4 is 0 Å². The topological polar surface area (TPSA) is 26.3 Å². The number of alkyl halides is 3. The molecule has 0 radical (unpaired) electrons. The highest BCUT2D eigenvalue weighted by Gasteiger charge is 2.67. The standard InChI is InChI=1S/C31H51Br2ClO2/c1-19(2)8-7-9-20(3)24-10-11-25-23-17-27(32)31(33)18-22(36-28(35)16-21(4)34)12-15-30(31,6)26(23)13-14-29(24,25)5/h19-27H,7-18H2,1-6H3/t20-,21+,22-,23+,24-,25+,26+,27-,29+,30+,31-/m0/s1. The number of halogens is 3. The molecule has 0 aromatic heterocycles. The van der Waals surface area contributed by atoms with Crippen LogP contribution >= 0.6 is 43.5 Å². The third-order valence-corrected chi connectivity index (χ3v) is 15.3. The summed E-state index contributed by atoms with van der Waals surface area (Å²) in [6.07, 6.45) is 14.4. The summed E-state index contributed by atoms with van der Waals surface area (Å²) >= 11 is 14.6. The fourth-order valence-electron chi connectivity index (χ4n) is 9.74. The second-order valence-corrected chi connectivity index (χ2v) is 17.5. The molecular formula is C31H51Br2ClO2. The zero-order valence-corrected chi connectivity index (χ0v) is 27.6. The molecule has 0 aliphatic heterocycles. The molecule has 4 rings (SSSR count). The summed E-state index contributed by atoms with van der Waals surface area (Å²) in [5.74, 6) is 4.87. The zero-order chi connectivity index (χ0) is 26.5. The average molecular weight is 651 g/mol. The highest BCUT2D eigenvalue weighted by atomic mass is 79.9. The van der Waals surface area contributed by atoms with Gasteiger partial charge in [0.25, 0.3) is 0 Å². The van der Waals surface area contributed by atoms with Crippen LogP contribution in [0.25, 0.3) is 0 Å². The molecule has 0 bridgehead atoms. The molecule has 0 aromatic rings. The van der Waals surface area contributed by atoms with Crippen molar-refractivity contribution in [3.8, 4) is 0 Å². The van der Waals surface area contributed by atoms with E-state index in [1.54, 1.807) is 0 Å². The molecule has 4 aliphatic carbocycles. The molecule has 208 valence electrons. The molecule has 2 nitrogen and oxygen atoms in total. The Hall–Kier alpha value is 0.720. The quantitative estimate of drug-likeness (QED) is 0.193. The molecule has 36 heavy (non-hydrogen) atoms. The molecule has 0 spiro atoms. The van der Waals surface area contributed by atoms with Gasteiger partial charge < -0.3 is 4.74 Å². The van der Waals surface area contributed by atoms with Crippen LogP contribution in [0.1, 0.15) is 119 Å². The van der Waals surface area contributed by atoms with Crippen molar-refractivity contribution in [3.63, 3.8) is 0 Å². The number of carbonyl (C=O) groups is 1. The highest BCUT2D eigenvalue weighted by molar-refractivity contribution is 9.12. The molecule has 4 saturated carbocycles. The minimum atomic E-state index is -0.173. The van der Waals surface area contributed by atoms with E-state index >= 15 is 0 Å². The van der Waals surface area contributed by atoms with E-state index in [9.17, 15) is 4.79 Å². The van der Waals surface area contributed by atoms with Crippen molar-refractivity contribution < 1.29 is 9.53 Å². The molecule has 0 unspecified atom stereocenters. The minimum Gasteiger partial charge on any atom is -0.462 e. The van der Waals surface area contributed by atoms with Crippen LogP contribution in [-0.4, -0.2) is 26.6 Å². The lowest BCUT2D eigenvalue weighted by atomic mass is 9.44. The fourth-order valence-corrected chi connectivity index (χ4v) is 12.0. The smallest absolute Gasteiger partial charge is 0.307 e. The second-order valence-electron chi connectivity index (χ2n) is 14.2. The van der Waals surface area contributed by atoms with Gasteiger partial charge in [-0.25, -0.2) is 0 Å². The molecule has 4 aliphatic rings. The van der Waals surface area contributed by atoms with Crippen molar-refractivity contribution in [2.24, 2.45) is 46.3 Å². The van der Waals surface area contributed by atoms with Gasteiger partial charge in [0, 0.05) is 20.9 Å². The third kappa shape index (κ3) is 5.37. The Morgan fingerprint density at radius 3 is 2.42 bits per heavy atom. The first kappa shape index (κ1) is 29.7. The van der Waals surface area contributed by atoms with Gasteiger partial charge in [-0.2, -0.15) is 0 Å². The minimum absolute atomic E-state index is 0.00614. The Labute approximate surface area is 243 Å². The number of rotatable bonds is 8. The van der Waals surface area contributed by atoms with E-state index in [0.717, 1.165) is 54.8 Å². The van der Waals surface area contributed by atoms with Gasteiger partial charge in [-0.05, 0) is 98.2 Å². The van der Waals surface area contributed by atoms with E-state index in [1.807, 2.05) is 6.92 Å². The Kier molecular flexibility index (Phi) is 9.32. The maximum atomic E-state index is 12.4. The Balaban J connectivity index is 1.47. The summed E-state index contributed by atoms with van der Waals surface area (Å²) in [5, 5.41) is -0.173. The van der Waals surface area contributed by atoms with E-state index in [-0.39, 0.29) is 27.2 Å². The molecule has 0 amide bonds. The van der Waals surface area contributed by atoms with Crippen molar-refractivity contribution in [2.75, 3.05) is 0 Å². The summed E-state index contributed by atoms with van der Waals surface area (Å²) in [4.78, 5) is 12.8. The Morgan fingerprint density at radius 1 is 1.03 bits per heavy atom. The van der Waals surface area contributed by atoms with Crippen molar-refractivity contribution in [1.29, 1.82) is 0 Å². The maximum absolute atomic E-state index is 12.4. The van der Waals surface area contributed by atoms with Gasteiger partial charge >= 0.3 is 5.97 Å². The summed E-state index contributed by atoms with van der Waals surface area (Å²) in [6, 6.07) is 0. The fraction of sp³-hybridized carbons (Fsp3) is 0.968. The largest absolute Gasteiger partial charge is 0.462 e. The van der Waals surface area contributed by atoms with Crippen LogP contribution in [0.15, 0.2) is 0 Å². The first-order valence-electron chi connectivity index (χ1n) is 15.0. The SMILES string of the molecule is CC(C)CCC[C@H](C)[C@@H]1CC[C@@H]2[C@H]3C[C@H](Br)[C@@]4(Br)C[C@@H](OC(=O)C[C@@H](C)Cl)CC[C@]4(C)[C@@H]3CC[C@@]21C.